The summed E-state index contributed by atoms with van der Waals surface area (Å²) in [7, 11) is 0. The molecule has 0 atom stereocenters. The number of halogens is 2. The zero-order valence-corrected chi connectivity index (χ0v) is 10.9. The molecule has 0 aromatic heterocycles. The minimum Gasteiger partial charge on any atom is -0.213 e. The van der Waals surface area contributed by atoms with E-state index in [-0.39, 0.29) is 16.8 Å². The summed E-state index contributed by atoms with van der Waals surface area (Å²) in [4.78, 5) is 0. The molecule has 3 heteroatoms. The van der Waals surface area contributed by atoms with Gasteiger partial charge in [0.15, 0.2) is 0 Å². The Balaban J connectivity index is 0.000000206. The largest absolute Gasteiger partial charge is 2.00 e. The first-order valence-corrected chi connectivity index (χ1v) is 5.12. The van der Waals surface area contributed by atoms with Crippen molar-refractivity contribution in [3.63, 3.8) is 0 Å². The molecule has 2 aromatic carbocycles. The van der Waals surface area contributed by atoms with Gasteiger partial charge in [0.1, 0.15) is 0 Å². The topological polar surface area (TPSA) is 0 Å². The van der Waals surface area contributed by atoms with Crippen molar-refractivity contribution in [2.45, 2.75) is 0 Å². The van der Waals surface area contributed by atoms with E-state index in [1.54, 1.807) is 0 Å². The first-order valence-electron chi connectivity index (χ1n) is 3.53. The average molecular weight is 347 g/mol. The van der Waals surface area contributed by atoms with E-state index in [2.05, 4.69) is 31.9 Å². The quantitative estimate of drug-likeness (QED) is 0.623. The fourth-order valence-electron chi connectivity index (χ4n) is 0.701. The summed E-state index contributed by atoms with van der Waals surface area (Å²) in [5.74, 6) is 0. The molecule has 0 aliphatic rings. The first kappa shape index (κ1) is 13.2. The van der Waals surface area contributed by atoms with Crippen molar-refractivity contribution in [3.05, 3.63) is 57.5 Å². The van der Waals surface area contributed by atoms with Gasteiger partial charge < -0.3 is 0 Å². The molecule has 0 amide bonds. The Morgan fingerprint density at radius 2 is 0.846 bits per heavy atom. The van der Waals surface area contributed by atoms with Gasteiger partial charge in [-0.1, -0.05) is 8.95 Å². The molecule has 2 rings (SSSR count). The summed E-state index contributed by atoms with van der Waals surface area (Å²) in [6, 6.07) is 16.0. The van der Waals surface area contributed by atoms with Gasteiger partial charge in [-0.15, -0.1) is 31.9 Å². The normalized spacial score (nSPS) is 8.15. The molecule has 0 heterocycles. The summed E-state index contributed by atoms with van der Waals surface area (Å²) in [5.41, 5.74) is 0. The Bertz CT molecular complexity index is 252. The average Bonchev–Trinajstić information content (AvgIpc) is 2.63. The summed E-state index contributed by atoms with van der Waals surface area (Å²) < 4.78 is 2.31. The van der Waals surface area contributed by atoms with Gasteiger partial charge >= 0.3 is 16.8 Å². The van der Waals surface area contributed by atoms with E-state index in [4.69, 9.17) is 0 Å². The predicted octanol–water partition coefficient (Wildman–Crippen LogP) is 4.33. The van der Waals surface area contributed by atoms with Gasteiger partial charge in [0.05, 0.1) is 0 Å². The van der Waals surface area contributed by atoms with Crippen molar-refractivity contribution < 1.29 is 16.8 Å². The summed E-state index contributed by atoms with van der Waals surface area (Å²) in [5, 5.41) is 0. The van der Waals surface area contributed by atoms with Crippen molar-refractivity contribution in [1.82, 2.24) is 0 Å². The van der Waals surface area contributed by atoms with Crippen LogP contribution in [0.3, 0.4) is 0 Å². The molecule has 1 radical (unpaired) electrons. The molecule has 0 bridgehead atoms. The van der Waals surface area contributed by atoms with Crippen LogP contribution in [0.2, 0.25) is 0 Å². The van der Waals surface area contributed by atoms with Crippen LogP contribution in [0.25, 0.3) is 0 Å². The Kier molecular flexibility index (Phi) is 7.66. The fourth-order valence-corrected chi connectivity index (χ4v) is 1.31. The standard InChI is InChI=1S/2C5H4Br.Co/c2*6-5-3-1-2-4-5;/h2*1-4H;/q2*-1;+2. The van der Waals surface area contributed by atoms with E-state index >= 15 is 0 Å². The van der Waals surface area contributed by atoms with Crippen LogP contribution in [-0.4, -0.2) is 0 Å². The van der Waals surface area contributed by atoms with E-state index in [0.29, 0.717) is 0 Å². The smallest absolute Gasteiger partial charge is 0.213 e. The molecule has 0 spiro atoms. The van der Waals surface area contributed by atoms with Gasteiger partial charge in [-0.25, -0.2) is 24.3 Å². The van der Waals surface area contributed by atoms with Crippen molar-refractivity contribution >= 4 is 31.9 Å². The summed E-state index contributed by atoms with van der Waals surface area (Å²) in [6.45, 7) is 0. The third-order valence-corrected chi connectivity index (χ3v) is 2.30. The van der Waals surface area contributed by atoms with Gasteiger partial charge in [0, 0.05) is 0 Å². The van der Waals surface area contributed by atoms with Gasteiger partial charge in [-0.2, -0.15) is 24.3 Å². The van der Waals surface area contributed by atoms with E-state index in [1.165, 1.54) is 0 Å². The molecule has 0 aliphatic carbocycles. The second kappa shape index (κ2) is 7.56. The molecule has 0 unspecified atom stereocenters. The maximum Gasteiger partial charge on any atom is 2.00 e. The van der Waals surface area contributed by atoms with Crippen LogP contribution >= 0.6 is 31.9 Å². The molecule has 0 N–H and O–H groups in total. The Labute approximate surface area is 106 Å². The number of hydrogen-bond acceptors (Lipinski definition) is 0. The van der Waals surface area contributed by atoms with E-state index in [1.807, 2.05) is 48.5 Å². The van der Waals surface area contributed by atoms with Crippen LogP contribution < -0.4 is 0 Å². The second-order valence-corrected chi connectivity index (χ2v) is 4.04. The van der Waals surface area contributed by atoms with Crippen LogP contribution in [-0.2, 0) is 16.8 Å². The minimum atomic E-state index is 0. The summed E-state index contributed by atoms with van der Waals surface area (Å²) in [6.07, 6.45) is 0. The Morgan fingerprint density at radius 1 is 0.615 bits per heavy atom. The summed E-state index contributed by atoms with van der Waals surface area (Å²) >= 11 is 6.56. The first-order chi connectivity index (χ1) is 5.79. The SMILES string of the molecule is Br[c-]1cccc1.Br[c-]1cccc1.[Co+2]. The third kappa shape index (κ3) is 6.27. The minimum absolute atomic E-state index is 0. The van der Waals surface area contributed by atoms with Crippen LogP contribution in [0.15, 0.2) is 57.5 Å². The van der Waals surface area contributed by atoms with E-state index in [0.717, 1.165) is 8.95 Å². The Hall–Kier alpha value is 0.166. The molecular formula is C10H8Br2Co. The molecule has 0 saturated heterocycles. The molecule has 0 nitrogen and oxygen atoms in total. The van der Waals surface area contributed by atoms with Gasteiger partial charge in [-0.3, -0.25) is 0 Å². The van der Waals surface area contributed by atoms with Gasteiger partial charge in [0.2, 0.25) is 0 Å². The van der Waals surface area contributed by atoms with Gasteiger partial charge in [0.25, 0.3) is 0 Å². The van der Waals surface area contributed by atoms with Crippen molar-refractivity contribution in [1.29, 1.82) is 0 Å². The van der Waals surface area contributed by atoms with Crippen LogP contribution in [0.5, 0.6) is 0 Å². The van der Waals surface area contributed by atoms with Crippen molar-refractivity contribution in [3.8, 4) is 0 Å². The molecule has 0 fully saturated rings. The van der Waals surface area contributed by atoms with Crippen molar-refractivity contribution in [2.75, 3.05) is 0 Å². The predicted molar refractivity (Wildman–Crippen MR) is 59.5 cm³/mol. The third-order valence-electron chi connectivity index (χ3n) is 1.24. The molecule has 0 aliphatic heterocycles. The molecular weight excluding hydrogens is 339 g/mol. The maximum absolute atomic E-state index is 3.28. The molecule has 13 heavy (non-hydrogen) atoms. The maximum atomic E-state index is 3.28. The van der Waals surface area contributed by atoms with E-state index < -0.39 is 0 Å². The molecule has 0 saturated carbocycles. The number of hydrogen-bond donors (Lipinski definition) is 0. The molecule has 71 valence electrons. The van der Waals surface area contributed by atoms with E-state index in [9.17, 15) is 0 Å². The van der Waals surface area contributed by atoms with Crippen LogP contribution in [0.4, 0.5) is 0 Å². The zero-order valence-electron chi connectivity index (χ0n) is 6.71. The fraction of sp³-hybridized carbons (Fsp3) is 0. The monoisotopic (exact) mass is 345 g/mol. The van der Waals surface area contributed by atoms with Crippen molar-refractivity contribution in [2.24, 2.45) is 0 Å². The van der Waals surface area contributed by atoms with Gasteiger partial charge in [-0.05, 0) is 0 Å². The zero-order chi connectivity index (χ0) is 8.81. The van der Waals surface area contributed by atoms with Crippen LogP contribution in [0.1, 0.15) is 0 Å². The van der Waals surface area contributed by atoms with Crippen LogP contribution in [0, 0.1) is 0 Å². The number of rotatable bonds is 0. The second-order valence-electron chi connectivity index (χ2n) is 2.21. The Morgan fingerprint density at radius 3 is 0.923 bits per heavy atom. The molecule has 2 aromatic rings.